The maximum atomic E-state index is 4.82. The summed E-state index contributed by atoms with van der Waals surface area (Å²) in [5, 5.41) is 0. The fourth-order valence-corrected chi connectivity index (χ4v) is 18.1. The molecule has 112 valence electrons. The Labute approximate surface area is 178 Å². The third-order valence-corrected chi connectivity index (χ3v) is 12.1. The third-order valence-electron chi connectivity index (χ3n) is 1.34. The molecule has 8 heteroatoms. The molecule has 0 radical (unpaired) electrons. The molecule has 0 aliphatic carbocycles. The molecule has 0 aliphatic rings. The third kappa shape index (κ3) is 37.2. The van der Waals surface area contributed by atoms with Crippen molar-refractivity contribution in [3.05, 3.63) is 9.30 Å². The normalized spacial score (nSPS) is 12.6. The fourth-order valence-electron chi connectivity index (χ4n) is 2.01. The largest absolute Gasteiger partial charge is 1.00 e. The average molecular weight is 367 g/mol. The SMILES string of the molecule is C[Si](C)(C)[N-][Si](C)(C)C.C[Si](C)(C)[N-][Si](C)(C)C.[Na+].[Na+]. The molecule has 0 atom stereocenters. The van der Waals surface area contributed by atoms with Crippen LogP contribution in [-0.2, 0) is 0 Å². The molecule has 0 aromatic heterocycles. The van der Waals surface area contributed by atoms with Crippen LogP contribution in [0.15, 0.2) is 0 Å². The summed E-state index contributed by atoms with van der Waals surface area (Å²) in [5.41, 5.74) is 0. The molecule has 0 unspecified atom stereocenters. The minimum atomic E-state index is -1.11. The Morgan fingerprint density at radius 2 is 0.450 bits per heavy atom. The van der Waals surface area contributed by atoms with Crippen molar-refractivity contribution in [3.8, 4) is 0 Å². The molecule has 0 saturated carbocycles. The average Bonchev–Trinajstić information content (AvgIpc) is 1.64. The summed E-state index contributed by atoms with van der Waals surface area (Å²) in [6.07, 6.45) is 0. The molecule has 0 bridgehead atoms. The van der Waals surface area contributed by atoms with Gasteiger partial charge in [-0.25, -0.2) is 0 Å². The monoisotopic (exact) mass is 366 g/mol. The van der Waals surface area contributed by atoms with E-state index in [4.69, 9.17) is 9.30 Å². The van der Waals surface area contributed by atoms with Crippen LogP contribution in [0, 0.1) is 0 Å². The minimum Gasteiger partial charge on any atom is -0.668 e. The van der Waals surface area contributed by atoms with Gasteiger partial charge in [-0.2, -0.15) is 0 Å². The predicted octanol–water partition coefficient (Wildman–Crippen LogP) is 0.0678. The summed E-state index contributed by atoms with van der Waals surface area (Å²) in [4.78, 5) is 0. The van der Waals surface area contributed by atoms with Gasteiger partial charge in [0.1, 0.15) is 0 Å². The number of nitrogens with zero attached hydrogens (tertiary/aromatic N) is 2. The molecular weight excluding hydrogens is 330 g/mol. The molecule has 0 aliphatic heterocycles. The second-order valence-electron chi connectivity index (χ2n) is 8.91. The summed E-state index contributed by atoms with van der Waals surface area (Å²) < 4.78 is 9.64. The van der Waals surface area contributed by atoms with Crippen molar-refractivity contribution < 1.29 is 59.1 Å². The van der Waals surface area contributed by atoms with Crippen molar-refractivity contribution in [1.29, 1.82) is 0 Å². The molecule has 0 rings (SSSR count). The maximum Gasteiger partial charge on any atom is 1.00 e. The molecule has 0 fully saturated rings. The van der Waals surface area contributed by atoms with Gasteiger partial charge in [-0.3, -0.25) is 0 Å². The van der Waals surface area contributed by atoms with Crippen LogP contribution in [0.1, 0.15) is 0 Å². The van der Waals surface area contributed by atoms with E-state index in [-0.39, 0.29) is 59.1 Å². The van der Waals surface area contributed by atoms with Crippen LogP contribution in [0.3, 0.4) is 0 Å². The van der Waals surface area contributed by atoms with Crippen LogP contribution in [0.4, 0.5) is 0 Å². The number of hydrogen-bond donors (Lipinski definition) is 0. The zero-order chi connectivity index (χ0) is 15.4. The van der Waals surface area contributed by atoms with E-state index in [1.807, 2.05) is 0 Å². The molecule has 0 aromatic rings. The molecule has 0 saturated heterocycles. The first-order valence-electron chi connectivity index (χ1n) is 6.89. The molecule has 0 N–H and O–H groups in total. The van der Waals surface area contributed by atoms with Gasteiger partial charge in [0.25, 0.3) is 0 Å². The molecule has 0 heterocycles. The van der Waals surface area contributed by atoms with Gasteiger partial charge in [-0.15, -0.1) is 0 Å². The summed E-state index contributed by atoms with van der Waals surface area (Å²) in [7, 11) is -4.42. The van der Waals surface area contributed by atoms with Crippen LogP contribution < -0.4 is 59.1 Å². The molecule has 0 amide bonds. The van der Waals surface area contributed by atoms with Gasteiger partial charge < -0.3 is 9.30 Å². The maximum absolute atomic E-state index is 4.82. The topological polar surface area (TPSA) is 28.2 Å². The second kappa shape index (κ2) is 11.4. The molecule has 0 aromatic carbocycles. The van der Waals surface area contributed by atoms with Crippen LogP contribution in [0.5, 0.6) is 0 Å². The second-order valence-corrected chi connectivity index (χ2v) is 28.1. The first-order chi connectivity index (χ1) is 7.41. The van der Waals surface area contributed by atoms with Crippen LogP contribution in [0.25, 0.3) is 9.30 Å². The molecular formula is C12H36N2Na2Si4. The van der Waals surface area contributed by atoms with Crippen molar-refractivity contribution >= 4 is 32.9 Å². The fraction of sp³-hybridized carbons (Fsp3) is 1.00. The zero-order valence-electron chi connectivity index (χ0n) is 16.9. The van der Waals surface area contributed by atoms with E-state index in [0.29, 0.717) is 0 Å². The Morgan fingerprint density at radius 1 is 0.350 bits per heavy atom. The van der Waals surface area contributed by atoms with E-state index in [0.717, 1.165) is 0 Å². The number of rotatable bonds is 4. The quantitative estimate of drug-likeness (QED) is 0.630. The first kappa shape index (κ1) is 30.6. The summed E-state index contributed by atoms with van der Waals surface area (Å²) >= 11 is 0. The van der Waals surface area contributed by atoms with Gasteiger partial charge in [0.15, 0.2) is 0 Å². The van der Waals surface area contributed by atoms with E-state index >= 15 is 0 Å². The van der Waals surface area contributed by atoms with Gasteiger partial charge in [-0.05, 0) is 0 Å². The standard InChI is InChI=1S/2C6H18NSi2.2Na/c2*1-8(2,3)7-9(4,5)6;;/h2*1-6H3;;/q2*-1;2*+1. The Kier molecular flexibility index (Phi) is 17.4. The van der Waals surface area contributed by atoms with Crippen LogP contribution >= 0.6 is 0 Å². The molecule has 20 heavy (non-hydrogen) atoms. The summed E-state index contributed by atoms with van der Waals surface area (Å²) in [5.74, 6) is 0. The van der Waals surface area contributed by atoms with E-state index in [9.17, 15) is 0 Å². The smallest absolute Gasteiger partial charge is 0.668 e. The van der Waals surface area contributed by atoms with Gasteiger partial charge >= 0.3 is 59.1 Å². The molecule has 0 spiro atoms. The van der Waals surface area contributed by atoms with Gasteiger partial charge in [0.05, 0.1) is 0 Å². The summed E-state index contributed by atoms with van der Waals surface area (Å²) in [6.45, 7) is 27.6. The van der Waals surface area contributed by atoms with Crippen molar-refractivity contribution in [2.24, 2.45) is 0 Å². The van der Waals surface area contributed by atoms with E-state index in [2.05, 4.69) is 78.6 Å². The Bertz CT molecular complexity index is 188. The van der Waals surface area contributed by atoms with Gasteiger partial charge in [-0.1, -0.05) is 112 Å². The van der Waals surface area contributed by atoms with Gasteiger partial charge in [0, 0.05) is 0 Å². The zero-order valence-corrected chi connectivity index (χ0v) is 24.9. The van der Waals surface area contributed by atoms with Crippen molar-refractivity contribution in [3.63, 3.8) is 0 Å². The van der Waals surface area contributed by atoms with E-state index in [1.54, 1.807) is 0 Å². The van der Waals surface area contributed by atoms with Crippen molar-refractivity contribution in [1.82, 2.24) is 0 Å². The van der Waals surface area contributed by atoms with Crippen molar-refractivity contribution in [2.45, 2.75) is 78.6 Å². The first-order valence-corrected chi connectivity index (χ1v) is 20.7. The van der Waals surface area contributed by atoms with Crippen molar-refractivity contribution in [2.75, 3.05) is 0 Å². The Balaban J connectivity index is -0.000000116. The summed E-state index contributed by atoms with van der Waals surface area (Å²) in [6, 6.07) is 0. The van der Waals surface area contributed by atoms with E-state index < -0.39 is 32.9 Å². The Hall–Kier alpha value is 2.79. The predicted molar refractivity (Wildman–Crippen MR) is 100 cm³/mol. The Morgan fingerprint density at radius 3 is 0.450 bits per heavy atom. The van der Waals surface area contributed by atoms with Gasteiger partial charge in [0.2, 0.25) is 0 Å². The van der Waals surface area contributed by atoms with Crippen LogP contribution in [-0.4, -0.2) is 32.9 Å². The molecule has 2 nitrogen and oxygen atoms in total. The van der Waals surface area contributed by atoms with Crippen LogP contribution in [0.2, 0.25) is 78.6 Å². The van der Waals surface area contributed by atoms with E-state index in [1.165, 1.54) is 0 Å². The number of hydrogen-bond acceptors (Lipinski definition) is 0. The minimum absolute atomic E-state index is 0.